The number of carbonyl (C=O) groups is 2. The topological polar surface area (TPSA) is 116 Å². The second kappa shape index (κ2) is 6.89. The third kappa shape index (κ3) is 5.33. The molecular formula is C11H21N3O5S. The molecule has 1 saturated heterocycles. The van der Waals surface area contributed by atoms with Crippen molar-refractivity contribution < 1.29 is 23.1 Å². The molecule has 2 unspecified atom stereocenters. The van der Waals surface area contributed by atoms with E-state index in [2.05, 4.69) is 10.0 Å². The molecule has 0 aliphatic carbocycles. The van der Waals surface area contributed by atoms with Gasteiger partial charge in [-0.3, -0.25) is 0 Å². The second-order valence-electron chi connectivity index (χ2n) is 5.08. The highest BCUT2D eigenvalue weighted by molar-refractivity contribution is 7.88. The minimum Gasteiger partial charge on any atom is -0.480 e. The lowest BCUT2D eigenvalue weighted by Gasteiger charge is -2.35. The number of piperidine rings is 1. The molecule has 1 aliphatic rings. The first-order chi connectivity index (χ1) is 9.20. The Morgan fingerprint density at radius 2 is 2.00 bits per heavy atom. The maximum absolute atomic E-state index is 11.9. The molecule has 1 heterocycles. The van der Waals surface area contributed by atoms with Gasteiger partial charge in [-0.2, -0.15) is 0 Å². The Bertz CT molecular complexity index is 465. The number of rotatable bonds is 5. The summed E-state index contributed by atoms with van der Waals surface area (Å²) in [6.07, 6.45) is 2.23. The van der Waals surface area contributed by atoms with Crippen molar-refractivity contribution in [3.8, 4) is 0 Å². The number of hydrogen-bond donors (Lipinski definition) is 3. The number of carboxylic acid groups (broad SMARTS) is 1. The van der Waals surface area contributed by atoms with E-state index in [1.54, 1.807) is 0 Å². The summed E-state index contributed by atoms with van der Waals surface area (Å²) in [4.78, 5) is 24.4. The van der Waals surface area contributed by atoms with E-state index in [-0.39, 0.29) is 19.0 Å². The van der Waals surface area contributed by atoms with E-state index in [0.29, 0.717) is 13.0 Å². The molecule has 1 fully saturated rings. The van der Waals surface area contributed by atoms with Crippen LogP contribution in [0.1, 0.15) is 19.8 Å². The average molecular weight is 307 g/mol. The molecule has 9 heteroatoms. The van der Waals surface area contributed by atoms with Crippen LogP contribution < -0.4 is 10.0 Å². The third-order valence-electron chi connectivity index (χ3n) is 3.18. The zero-order valence-electron chi connectivity index (χ0n) is 11.6. The van der Waals surface area contributed by atoms with E-state index >= 15 is 0 Å². The van der Waals surface area contributed by atoms with Crippen molar-refractivity contribution in [2.75, 3.05) is 25.9 Å². The lowest BCUT2D eigenvalue weighted by molar-refractivity contribution is -0.143. The summed E-state index contributed by atoms with van der Waals surface area (Å²) in [5.41, 5.74) is 0. The van der Waals surface area contributed by atoms with Crippen molar-refractivity contribution in [1.29, 1.82) is 0 Å². The summed E-state index contributed by atoms with van der Waals surface area (Å²) in [6.45, 7) is 2.54. The van der Waals surface area contributed by atoms with Crippen molar-refractivity contribution >= 4 is 22.0 Å². The standard InChI is InChI=1S/C11H21N3O5S/c1-8-3-6-14(9(7-8)10(15)16)11(17)12-4-5-13-20(2,18)19/h8-9,13H,3-7H2,1-2H3,(H,12,17)(H,15,16). The fourth-order valence-electron chi connectivity index (χ4n) is 2.13. The molecule has 0 bridgehead atoms. The summed E-state index contributed by atoms with van der Waals surface area (Å²) >= 11 is 0. The minimum absolute atomic E-state index is 0.0759. The number of sulfonamides is 1. The SMILES string of the molecule is CC1CCN(C(=O)NCCNS(C)(=O)=O)C(C(=O)O)C1. The molecule has 0 aromatic heterocycles. The van der Waals surface area contributed by atoms with Crippen LogP contribution in [0.4, 0.5) is 4.79 Å². The van der Waals surface area contributed by atoms with Gasteiger partial charge in [0.1, 0.15) is 6.04 Å². The number of aliphatic carboxylic acids is 1. The van der Waals surface area contributed by atoms with Crippen molar-refractivity contribution in [3.63, 3.8) is 0 Å². The van der Waals surface area contributed by atoms with Gasteiger partial charge in [0.25, 0.3) is 0 Å². The zero-order chi connectivity index (χ0) is 15.3. The number of amides is 2. The predicted octanol–water partition coefficient (Wildman–Crippen LogP) is -0.570. The van der Waals surface area contributed by atoms with Gasteiger partial charge in [-0.25, -0.2) is 22.7 Å². The maximum atomic E-state index is 11.9. The van der Waals surface area contributed by atoms with Crippen LogP contribution in [-0.4, -0.2) is 62.4 Å². The van der Waals surface area contributed by atoms with Crippen LogP contribution in [0.25, 0.3) is 0 Å². The van der Waals surface area contributed by atoms with Gasteiger partial charge < -0.3 is 15.3 Å². The Morgan fingerprint density at radius 3 is 2.55 bits per heavy atom. The lowest BCUT2D eigenvalue weighted by atomic mass is 9.93. The largest absolute Gasteiger partial charge is 0.480 e. The molecule has 2 amide bonds. The monoisotopic (exact) mass is 307 g/mol. The molecule has 20 heavy (non-hydrogen) atoms. The average Bonchev–Trinajstić information content (AvgIpc) is 2.33. The molecule has 0 saturated carbocycles. The van der Waals surface area contributed by atoms with Crippen molar-refractivity contribution in [3.05, 3.63) is 0 Å². The van der Waals surface area contributed by atoms with E-state index in [9.17, 15) is 18.0 Å². The summed E-state index contributed by atoms with van der Waals surface area (Å²) in [6, 6.07) is -1.29. The second-order valence-corrected chi connectivity index (χ2v) is 6.91. The fraction of sp³-hybridized carbons (Fsp3) is 0.818. The van der Waals surface area contributed by atoms with Crippen LogP contribution in [-0.2, 0) is 14.8 Å². The van der Waals surface area contributed by atoms with E-state index in [4.69, 9.17) is 5.11 Å². The van der Waals surface area contributed by atoms with Crippen LogP contribution in [0.2, 0.25) is 0 Å². The van der Waals surface area contributed by atoms with Gasteiger partial charge >= 0.3 is 12.0 Å². The third-order valence-corrected chi connectivity index (χ3v) is 3.90. The normalized spacial score (nSPS) is 23.4. The van der Waals surface area contributed by atoms with Gasteiger partial charge in [0, 0.05) is 19.6 Å². The number of urea groups is 1. The molecule has 0 radical (unpaired) electrons. The summed E-state index contributed by atoms with van der Waals surface area (Å²) in [7, 11) is -3.29. The first kappa shape index (κ1) is 16.7. The first-order valence-corrected chi connectivity index (χ1v) is 8.31. The number of carboxylic acids is 1. The summed E-state index contributed by atoms with van der Waals surface area (Å²) in [5.74, 6) is -0.743. The van der Waals surface area contributed by atoms with Gasteiger partial charge in [-0.15, -0.1) is 0 Å². The van der Waals surface area contributed by atoms with E-state index in [1.165, 1.54) is 4.90 Å². The van der Waals surface area contributed by atoms with E-state index in [1.807, 2.05) is 6.92 Å². The number of nitrogens with zero attached hydrogens (tertiary/aromatic N) is 1. The molecule has 0 aromatic carbocycles. The molecule has 8 nitrogen and oxygen atoms in total. The highest BCUT2D eigenvalue weighted by atomic mass is 32.2. The van der Waals surface area contributed by atoms with Crippen LogP contribution in [0.3, 0.4) is 0 Å². The lowest BCUT2D eigenvalue weighted by Crippen LogP contribution is -2.54. The fourth-order valence-corrected chi connectivity index (χ4v) is 2.60. The van der Waals surface area contributed by atoms with Crippen molar-refractivity contribution in [2.45, 2.75) is 25.8 Å². The summed E-state index contributed by atoms with van der Waals surface area (Å²) < 4.78 is 23.9. The Hall–Kier alpha value is -1.35. The number of carbonyl (C=O) groups excluding carboxylic acids is 1. The molecule has 0 spiro atoms. The van der Waals surface area contributed by atoms with Gasteiger partial charge in [0.2, 0.25) is 10.0 Å². The van der Waals surface area contributed by atoms with Crippen molar-refractivity contribution in [2.24, 2.45) is 5.92 Å². The van der Waals surface area contributed by atoms with Crippen LogP contribution in [0.15, 0.2) is 0 Å². The Balaban J connectivity index is 2.47. The van der Waals surface area contributed by atoms with Gasteiger partial charge in [-0.1, -0.05) is 6.92 Å². The van der Waals surface area contributed by atoms with Gasteiger partial charge in [-0.05, 0) is 18.8 Å². The number of likely N-dealkylation sites (tertiary alicyclic amines) is 1. The maximum Gasteiger partial charge on any atom is 0.326 e. The minimum atomic E-state index is -3.29. The quantitative estimate of drug-likeness (QED) is 0.588. The first-order valence-electron chi connectivity index (χ1n) is 6.42. The summed E-state index contributed by atoms with van der Waals surface area (Å²) in [5, 5.41) is 11.7. The predicted molar refractivity (Wildman–Crippen MR) is 72.8 cm³/mol. The molecule has 0 aromatic rings. The smallest absolute Gasteiger partial charge is 0.326 e. The van der Waals surface area contributed by atoms with Crippen molar-refractivity contribution in [1.82, 2.24) is 14.9 Å². The Kier molecular flexibility index (Phi) is 5.75. The molecule has 1 rings (SSSR count). The highest BCUT2D eigenvalue weighted by Crippen LogP contribution is 2.22. The molecule has 116 valence electrons. The van der Waals surface area contributed by atoms with Crippen LogP contribution >= 0.6 is 0 Å². The molecular weight excluding hydrogens is 286 g/mol. The molecule has 1 aliphatic heterocycles. The Morgan fingerprint density at radius 1 is 1.35 bits per heavy atom. The van der Waals surface area contributed by atoms with Crippen LogP contribution in [0.5, 0.6) is 0 Å². The van der Waals surface area contributed by atoms with E-state index < -0.39 is 28.1 Å². The Labute approximate surface area is 118 Å². The number of hydrogen-bond acceptors (Lipinski definition) is 4. The van der Waals surface area contributed by atoms with E-state index in [0.717, 1.165) is 12.7 Å². The van der Waals surface area contributed by atoms with Gasteiger partial charge in [0.15, 0.2) is 0 Å². The van der Waals surface area contributed by atoms with Crippen LogP contribution in [0, 0.1) is 5.92 Å². The molecule has 2 atom stereocenters. The highest BCUT2D eigenvalue weighted by Gasteiger charge is 2.34. The van der Waals surface area contributed by atoms with Gasteiger partial charge in [0.05, 0.1) is 6.26 Å². The zero-order valence-corrected chi connectivity index (χ0v) is 12.4. The molecule has 3 N–H and O–H groups in total. The number of nitrogens with one attached hydrogen (secondary N) is 2.